The van der Waals surface area contributed by atoms with E-state index in [9.17, 15) is 9.90 Å². The third kappa shape index (κ3) is 3.64. The summed E-state index contributed by atoms with van der Waals surface area (Å²) in [5, 5.41) is 21.0. The Kier molecular flexibility index (Phi) is 3.96. The highest BCUT2D eigenvalue weighted by atomic mass is 16.3. The Morgan fingerprint density at radius 2 is 2.12 bits per heavy atom. The van der Waals surface area contributed by atoms with Gasteiger partial charge in [-0.2, -0.15) is 0 Å². The highest BCUT2D eigenvalue weighted by molar-refractivity contribution is 5.95. The molecule has 5 nitrogen and oxygen atoms in total. The zero-order chi connectivity index (χ0) is 13.1. The number of phenols is 1. The molecule has 0 aromatic heterocycles. The van der Waals surface area contributed by atoms with Gasteiger partial charge in [0.2, 0.25) is 0 Å². The lowest BCUT2D eigenvalue weighted by molar-refractivity contribution is 0.0899. The second kappa shape index (κ2) is 5.05. The number of hydrogen-bond donors (Lipinski definition) is 4. The molecule has 5 heteroatoms. The summed E-state index contributed by atoms with van der Waals surface area (Å²) in [7, 11) is 0. The first-order chi connectivity index (χ1) is 7.85. The van der Waals surface area contributed by atoms with E-state index in [1.807, 2.05) is 13.8 Å². The average Bonchev–Trinajstić information content (AvgIpc) is 2.21. The Hall–Kier alpha value is -1.75. The number of aromatic hydroxyl groups is 1. The van der Waals surface area contributed by atoms with E-state index in [0.717, 1.165) is 0 Å². The molecule has 1 rings (SSSR count). The molecule has 0 unspecified atom stereocenters. The van der Waals surface area contributed by atoms with E-state index in [-0.39, 0.29) is 24.0 Å². The second-order valence-corrected chi connectivity index (χ2v) is 4.59. The lowest BCUT2D eigenvalue weighted by Gasteiger charge is -2.25. The van der Waals surface area contributed by atoms with Gasteiger partial charge in [-0.1, -0.05) is 0 Å². The van der Waals surface area contributed by atoms with Gasteiger partial charge >= 0.3 is 0 Å². The standard InChI is InChI=1S/C12H18N2O3/c1-12(2,5-6-15)14-11(17)8-3-4-9(13)10(16)7-8/h3-4,7,15-16H,5-6,13H2,1-2H3,(H,14,17). The van der Waals surface area contributed by atoms with Crippen LogP contribution in [0.1, 0.15) is 30.6 Å². The molecule has 0 aliphatic heterocycles. The van der Waals surface area contributed by atoms with Crippen molar-refractivity contribution in [2.75, 3.05) is 12.3 Å². The molecule has 0 spiro atoms. The SMILES string of the molecule is CC(C)(CCO)NC(=O)c1ccc(N)c(O)c1. The molecule has 94 valence electrons. The van der Waals surface area contributed by atoms with E-state index < -0.39 is 5.54 Å². The molecule has 0 aliphatic carbocycles. The van der Waals surface area contributed by atoms with E-state index in [1.165, 1.54) is 12.1 Å². The number of hydrogen-bond acceptors (Lipinski definition) is 4. The van der Waals surface area contributed by atoms with Crippen LogP contribution in [0.15, 0.2) is 18.2 Å². The van der Waals surface area contributed by atoms with Crippen LogP contribution in [0.5, 0.6) is 5.75 Å². The average molecular weight is 238 g/mol. The lowest BCUT2D eigenvalue weighted by Crippen LogP contribution is -2.44. The number of phenolic OH excluding ortho intramolecular Hbond substituents is 1. The number of benzene rings is 1. The number of nitrogens with one attached hydrogen (secondary N) is 1. The Labute approximate surface area is 100 Å². The summed E-state index contributed by atoms with van der Waals surface area (Å²) in [6, 6.07) is 4.34. The zero-order valence-electron chi connectivity index (χ0n) is 10.0. The molecule has 0 heterocycles. The summed E-state index contributed by atoms with van der Waals surface area (Å²) >= 11 is 0. The largest absolute Gasteiger partial charge is 0.506 e. The van der Waals surface area contributed by atoms with Crippen LogP contribution in [-0.2, 0) is 0 Å². The number of nitrogens with two attached hydrogens (primary N) is 1. The van der Waals surface area contributed by atoms with Crippen molar-refractivity contribution in [3.63, 3.8) is 0 Å². The minimum Gasteiger partial charge on any atom is -0.506 e. The molecule has 5 N–H and O–H groups in total. The summed E-state index contributed by atoms with van der Waals surface area (Å²) in [5.41, 5.74) is 5.52. The van der Waals surface area contributed by atoms with Crippen LogP contribution in [0, 0.1) is 0 Å². The Balaban J connectivity index is 2.80. The second-order valence-electron chi connectivity index (χ2n) is 4.59. The van der Waals surface area contributed by atoms with Crippen LogP contribution in [0.2, 0.25) is 0 Å². The molecule has 0 bridgehead atoms. The predicted molar refractivity (Wildman–Crippen MR) is 65.8 cm³/mol. The molecule has 0 saturated carbocycles. The van der Waals surface area contributed by atoms with Crippen molar-refractivity contribution in [3.05, 3.63) is 23.8 Å². The van der Waals surface area contributed by atoms with Crippen LogP contribution < -0.4 is 11.1 Å². The number of carbonyl (C=O) groups excluding carboxylic acids is 1. The number of nitrogen functional groups attached to an aromatic ring is 1. The summed E-state index contributed by atoms with van der Waals surface area (Å²) in [6.45, 7) is 3.64. The van der Waals surface area contributed by atoms with Crippen LogP contribution in [0.4, 0.5) is 5.69 Å². The normalized spacial score (nSPS) is 11.2. The number of aliphatic hydroxyl groups excluding tert-OH is 1. The first kappa shape index (κ1) is 13.3. The Bertz CT molecular complexity index is 416. The van der Waals surface area contributed by atoms with Crippen molar-refractivity contribution in [1.29, 1.82) is 0 Å². The molecular weight excluding hydrogens is 220 g/mol. The van der Waals surface area contributed by atoms with Crippen molar-refractivity contribution in [3.8, 4) is 5.75 Å². The maximum absolute atomic E-state index is 11.9. The quantitative estimate of drug-likeness (QED) is 0.462. The van der Waals surface area contributed by atoms with Gasteiger partial charge in [-0.3, -0.25) is 4.79 Å². The number of amides is 1. The minimum atomic E-state index is -0.497. The predicted octanol–water partition coefficient (Wildman–Crippen LogP) is 0.865. The van der Waals surface area contributed by atoms with Gasteiger partial charge in [0, 0.05) is 17.7 Å². The molecular formula is C12H18N2O3. The smallest absolute Gasteiger partial charge is 0.251 e. The fourth-order valence-corrected chi connectivity index (χ4v) is 1.41. The van der Waals surface area contributed by atoms with E-state index in [1.54, 1.807) is 6.07 Å². The third-order valence-electron chi connectivity index (χ3n) is 2.48. The van der Waals surface area contributed by atoms with Gasteiger partial charge in [-0.05, 0) is 38.5 Å². The monoisotopic (exact) mass is 238 g/mol. The van der Waals surface area contributed by atoms with Gasteiger partial charge in [0.05, 0.1) is 5.69 Å². The molecule has 1 aromatic rings. The fourth-order valence-electron chi connectivity index (χ4n) is 1.41. The van der Waals surface area contributed by atoms with Gasteiger partial charge < -0.3 is 21.3 Å². The highest BCUT2D eigenvalue weighted by Crippen LogP contribution is 2.21. The number of aliphatic hydroxyl groups is 1. The molecule has 1 aromatic carbocycles. The van der Waals surface area contributed by atoms with Crippen LogP contribution in [-0.4, -0.2) is 28.3 Å². The summed E-state index contributed by atoms with van der Waals surface area (Å²) in [4.78, 5) is 11.9. The first-order valence-electron chi connectivity index (χ1n) is 5.37. The summed E-state index contributed by atoms with van der Waals surface area (Å²) in [6.07, 6.45) is 0.458. The van der Waals surface area contributed by atoms with Crippen molar-refractivity contribution in [2.24, 2.45) is 0 Å². The van der Waals surface area contributed by atoms with Crippen LogP contribution >= 0.6 is 0 Å². The molecule has 0 saturated heterocycles. The third-order valence-corrected chi connectivity index (χ3v) is 2.48. The molecule has 0 atom stereocenters. The highest BCUT2D eigenvalue weighted by Gasteiger charge is 2.20. The van der Waals surface area contributed by atoms with Gasteiger partial charge in [-0.15, -0.1) is 0 Å². The maximum Gasteiger partial charge on any atom is 0.251 e. The molecule has 17 heavy (non-hydrogen) atoms. The Morgan fingerprint density at radius 1 is 1.47 bits per heavy atom. The molecule has 0 radical (unpaired) electrons. The van der Waals surface area contributed by atoms with Gasteiger partial charge in [-0.25, -0.2) is 0 Å². The summed E-state index contributed by atoms with van der Waals surface area (Å²) in [5.74, 6) is -0.420. The van der Waals surface area contributed by atoms with Gasteiger partial charge in [0.15, 0.2) is 0 Å². The molecule has 0 aliphatic rings. The van der Waals surface area contributed by atoms with E-state index in [2.05, 4.69) is 5.32 Å². The molecule has 1 amide bonds. The van der Waals surface area contributed by atoms with Gasteiger partial charge in [0.1, 0.15) is 5.75 Å². The zero-order valence-corrected chi connectivity index (χ0v) is 10.0. The lowest BCUT2D eigenvalue weighted by atomic mass is 10.0. The van der Waals surface area contributed by atoms with Crippen molar-refractivity contribution in [1.82, 2.24) is 5.32 Å². The Morgan fingerprint density at radius 3 is 2.65 bits per heavy atom. The number of anilines is 1. The van der Waals surface area contributed by atoms with Crippen molar-refractivity contribution in [2.45, 2.75) is 25.8 Å². The van der Waals surface area contributed by atoms with E-state index in [4.69, 9.17) is 10.8 Å². The number of rotatable bonds is 4. The maximum atomic E-state index is 11.9. The van der Waals surface area contributed by atoms with E-state index >= 15 is 0 Å². The summed E-state index contributed by atoms with van der Waals surface area (Å²) < 4.78 is 0. The molecule has 0 fully saturated rings. The topological polar surface area (TPSA) is 95.6 Å². The van der Waals surface area contributed by atoms with Crippen LogP contribution in [0.25, 0.3) is 0 Å². The van der Waals surface area contributed by atoms with Crippen LogP contribution in [0.3, 0.4) is 0 Å². The van der Waals surface area contributed by atoms with Crippen molar-refractivity contribution >= 4 is 11.6 Å². The van der Waals surface area contributed by atoms with Crippen molar-refractivity contribution < 1.29 is 15.0 Å². The van der Waals surface area contributed by atoms with E-state index in [0.29, 0.717) is 12.0 Å². The first-order valence-corrected chi connectivity index (χ1v) is 5.37. The minimum absolute atomic E-state index is 0.000266. The van der Waals surface area contributed by atoms with Gasteiger partial charge in [0.25, 0.3) is 5.91 Å². The number of carbonyl (C=O) groups is 1. The fraction of sp³-hybridized carbons (Fsp3) is 0.417.